The number of esters is 2. The maximum Gasteiger partial charge on any atom is 0.339 e. The summed E-state index contributed by atoms with van der Waals surface area (Å²) in [5.74, 6) is 0.269. The zero-order valence-electron chi connectivity index (χ0n) is 21.4. The summed E-state index contributed by atoms with van der Waals surface area (Å²) in [7, 11) is 0. The molecule has 0 radical (unpaired) electrons. The van der Waals surface area contributed by atoms with E-state index in [1.807, 2.05) is 0 Å². The Kier molecular flexibility index (Phi) is 15.3. The van der Waals surface area contributed by atoms with Gasteiger partial charge in [0.2, 0.25) is 0 Å². The van der Waals surface area contributed by atoms with Gasteiger partial charge in [0.05, 0.1) is 24.3 Å². The number of carbonyl (C=O) groups is 2. The van der Waals surface area contributed by atoms with Crippen LogP contribution in [0.4, 0.5) is 0 Å². The fourth-order valence-corrected chi connectivity index (χ4v) is 3.73. The van der Waals surface area contributed by atoms with Gasteiger partial charge < -0.3 is 14.6 Å². The Labute approximate surface area is 201 Å². The van der Waals surface area contributed by atoms with Crippen LogP contribution in [0.2, 0.25) is 0 Å². The largest absolute Gasteiger partial charge is 0.508 e. The minimum absolute atomic E-state index is 0.0608. The van der Waals surface area contributed by atoms with E-state index in [0.717, 1.165) is 50.4 Å². The molecule has 0 saturated heterocycles. The fourth-order valence-electron chi connectivity index (χ4n) is 3.73. The molecule has 0 saturated carbocycles. The molecular formula is C28H46O5. The molecule has 1 N–H and O–H groups in total. The van der Waals surface area contributed by atoms with E-state index in [9.17, 15) is 14.7 Å². The van der Waals surface area contributed by atoms with Gasteiger partial charge in [0.25, 0.3) is 0 Å². The lowest BCUT2D eigenvalue weighted by molar-refractivity contribution is 0.0450. The molecule has 0 aromatic heterocycles. The van der Waals surface area contributed by atoms with Crippen molar-refractivity contribution in [2.45, 2.75) is 105 Å². The van der Waals surface area contributed by atoms with E-state index in [0.29, 0.717) is 13.2 Å². The lowest BCUT2D eigenvalue weighted by Crippen LogP contribution is -2.15. The highest BCUT2D eigenvalue weighted by molar-refractivity contribution is 6.03. The summed E-state index contributed by atoms with van der Waals surface area (Å²) in [6, 6.07) is 4.09. The normalized spacial score (nSPS) is 11.2. The summed E-state index contributed by atoms with van der Waals surface area (Å²) in [6.07, 6.45) is 13.3. The van der Waals surface area contributed by atoms with Gasteiger partial charge in [-0.3, -0.25) is 0 Å². The lowest BCUT2D eigenvalue weighted by Gasteiger charge is -2.11. The first-order chi connectivity index (χ1) is 15.8. The Morgan fingerprint density at radius 1 is 0.667 bits per heavy atom. The molecule has 0 aliphatic heterocycles. The molecule has 0 aliphatic rings. The first-order valence-corrected chi connectivity index (χ1v) is 13.0. The van der Waals surface area contributed by atoms with Crippen LogP contribution in [0.15, 0.2) is 18.2 Å². The molecule has 5 nitrogen and oxygen atoms in total. The molecule has 0 spiro atoms. The van der Waals surface area contributed by atoms with E-state index in [1.165, 1.54) is 56.7 Å². The molecule has 0 aliphatic carbocycles. The molecule has 188 valence electrons. The van der Waals surface area contributed by atoms with Crippen LogP contribution in [0.1, 0.15) is 125 Å². The summed E-state index contributed by atoms with van der Waals surface area (Å²) in [5, 5.41) is 9.79. The summed E-state index contributed by atoms with van der Waals surface area (Å²) in [4.78, 5) is 25.0. The monoisotopic (exact) mass is 462 g/mol. The van der Waals surface area contributed by atoms with Crippen molar-refractivity contribution < 1.29 is 24.2 Å². The van der Waals surface area contributed by atoms with Gasteiger partial charge in [0, 0.05) is 0 Å². The maximum absolute atomic E-state index is 12.5. The fraction of sp³-hybridized carbons (Fsp3) is 0.714. The zero-order chi connectivity index (χ0) is 24.5. The van der Waals surface area contributed by atoms with Crippen molar-refractivity contribution in [2.24, 2.45) is 11.8 Å². The van der Waals surface area contributed by atoms with E-state index in [1.54, 1.807) is 0 Å². The van der Waals surface area contributed by atoms with Gasteiger partial charge >= 0.3 is 11.9 Å². The van der Waals surface area contributed by atoms with Gasteiger partial charge in [-0.05, 0) is 42.9 Å². The Bertz CT molecular complexity index is 681. The van der Waals surface area contributed by atoms with Crippen LogP contribution < -0.4 is 0 Å². The van der Waals surface area contributed by atoms with Crippen LogP contribution in [-0.2, 0) is 9.47 Å². The second-order valence-corrected chi connectivity index (χ2v) is 9.90. The highest BCUT2D eigenvalue weighted by Gasteiger charge is 2.20. The predicted octanol–water partition coefficient (Wildman–Crippen LogP) is 7.70. The number of unbranched alkanes of at least 4 members (excludes halogenated alkanes) is 8. The van der Waals surface area contributed by atoms with Crippen molar-refractivity contribution in [1.29, 1.82) is 0 Å². The van der Waals surface area contributed by atoms with Crippen molar-refractivity contribution in [3.05, 3.63) is 29.3 Å². The molecule has 33 heavy (non-hydrogen) atoms. The third-order valence-corrected chi connectivity index (χ3v) is 5.76. The van der Waals surface area contributed by atoms with Gasteiger partial charge in [-0.1, -0.05) is 91.9 Å². The van der Waals surface area contributed by atoms with Crippen LogP contribution in [0, 0.1) is 11.8 Å². The number of aromatic hydroxyl groups is 1. The number of hydrogen-bond acceptors (Lipinski definition) is 5. The Hall–Kier alpha value is -2.04. The van der Waals surface area contributed by atoms with Crippen molar-refractivity contribution in [2.75, 3.05) is 13.2 Å². The van der Waals surface area contributed by atoms with Crippen molar-refractivity contribution >= 4 is 11.9 Å². The minimum atomic E-state index is -0.595. The third kappa shape index (κ3) is 14.0. The molecule has 0 unspecified atom stereocenters. The van der Waals surface area contributed by atoms with Crippen molar-refractivity contribution in [3.8, 4) is 5.75 Å². The first kappa shape index (κ1) is 29.0. The van der Waals surface area contributed by atoms with Crippen LogP contribution in [0.5, 0.6) is 5.75 Å². The molecule has 5 heteroatoms. The molecule has 1 aromatic carbocycles. The van der Waals surface area contributed by atoms with Gasteiger partial charge in [-0.15, -0.1) is 0 Å². The van der Waals surface area contributed by atoms with Crippen LogP contribution >= 0.6 is 0 Å². The minimum Gasteiger partial charge on any atom is -0.508 e. The van der Waals surface area contributed by atoms with E-state index in [-0.39, 0.29) is 16.9 Å². The average molecular weight is 463 g/mol. The first-order valence-electron chi connectivity index (χ1n) is 13.0. The number of ether oxygens (including phenoxy) is 2. The summed E-state index contributed by atoms with van der Waals surface area (Å²) < 4.78 is 10.7. The average Bonchev–Trinajstić information content (AvgIpc) is 2.76. The lowest BCUT2D eigenvalue weighted by atomic mass is 10.0. The van der Waals surface area contributed by atoms with Gasteiger partial charge in [0.15, 0.2) is 0 Å². The molecule has 1 rings (SSSR count). The third-order valence-electron chi connectivity index (χ3n) is 5.76. The highest BCUT2D eigenvalue weighted by Crippen LogP contribution is 2.20. The topological polar surface area (TPSA) is 72.8 Å². The molecule has 0 heterocycles. The number of benzene rings is 1. The molecule has 0 bridgehead atoms. The predicted molar refractivity (Wildman–Crippen MR) is 134 cm³/mol. The smallest absolute Gasteiger partial charge is 0.339 e. The number of rotatable bonds is 18. The maximum atomic E-state index is 12.5. The van der Waals surface area contributed by atoms with Gasteiger partial charge in [-0.2, -0.15) is 0 Å². The Morgan fingerprint density at radius 3 is 1.58 bits per heavy atom. The van der Waals surface area contributed by atoms with Crippen LogP contribution in [0.25, 0.3) is 0 Å². The van der Waals surface area contributed by atoms with Crippen LogP contribution in [0.3, 0.4) is 0 Å². The second-order valence-electron chi connectivity index (χ2n) is 9.90. The molecule has 0 atom stereocenters. The number of phenols is 1. The highest BCUT2D eigenvalue weighted by atomic mass is 16.5. The Morgan fingerprint density at radius 2 is 1.09 bits per heavy atom. The molecule has 1 aromatic rings. The zero-order valence-corrected chi connectivity index (χ0v) is 21.4. The standard InChI is InChI=1S/C28H46O5/c1-22(2)15-11-7-5-9-13-19-32-27(30)25-18-17-24(29)21-26(25)28(31)33-20-14-10-6-8-12-16-23(3)4/h17-18,21-23,29H,5-16,19-20H2,1-4H3. The van der Waals surface area contributed by atoms with Crippen molar-refractivity contribution in [1.82, 2.24) is 0 Å². The summed E-state index contributed by atoms with van der Waals surface area (Å²) in [5.41, 5.74) is 0.203. The van der Waals surface area contributed by atoms with Gasteiger partial charge in [-0.25, -0.2) is 9.59 Å². The SMILES string of the molecule is CC(C)CCCCCCCOC(=O)c1ccc(O)cc1C(=O)OCCCCCCCC(C)C. The van der Waals surface area contributed by atoms with E-state index in [2.05, 4.69) is 27.7 Å². The van der Waals surface area contributed by atoms with E-state index < -0.39 is 11.9 Å². The van der Waals surface area contributed by atoms with Gasteiger partial charge in [0.1, 0.15) is 5.75 Å². The molecule has 0 fully saturated rings. The number of phenolic OH excluding ortho intramolecular Hbond substituents is 1. The summed E-state index contributed by atoms with van der Waals surface area (Å²) in [6.45, 7) is 9.59. The Balaban J connectivity index is 2.35. The van der Waals surface area contributed by atoms with E-state index in [4.69, 9.17) is 9.47 Å². The quantitative estimate of drug-likeness (QED) is 0.179. The molecule has 0 amide bonds. The number of carbonyl (C=O) groups excluding carboxylic acids is 2. The van der Waals surface area contributed by atoms with E-state index >= 15 is 0 Å². The number of hydrogen-bond donors (Lipinski definition) is 1. The van der Waals surface area contributed by atoms with Crippen molar-refractivity contribution in [3.63, 3.8) is 0 Å². The molecular weight excluding hydrogens is 416 g/mol. The summed E-state index contributed by atoms with van der Waals surface area (Å²) >= 11 is 0. The second kappa shape index (κ2) is 17.4. The van der Waals surface area contributed by atoms with Crippen LogP contribution in [-0.4, -0.2) is 30.3 Å².